The number of para-hydroxylation sites is 1. The molecule has 4 aromatic rings. The van der Waals surface area contributed by atoms with Crippen LogP contribution in [0.3, 0.4) is 0 Å². The lowest BCUT2D eigenvalue weighted by Gasteiger charge is -2.03. The summed E-state index contributed by atoms with van der Waals surface area (Å²) in [5.74, 6) is 0. The van der Waals surface area contributed by atoms with Crippen molar-refractivity contribution in [1.82, 2.24) is 19.8 Å². The molecule has 0 unspecified atom stereocenters. The number of hydrogen-bond donors (Lipinski definition) is 0. The summed E-state index contributed by atoms with van der Waals surface area (Å²) in [5.41, 5.74) is 3.00. The quantitative estimate of drug-likeness (QED) is 0.493. The van der Waals surface area contributed by atoms with Gasteiger partial charge in [-0.15, -0.1) is 5.10 Å². The second-order valence-electron chi connectivity index (χ2n) is 4.60. The monoisotopic (exact) mass is 314 g/mol. The van der Waals surface area contributed by atoms with Gasteiger partial charge in [-0.3, -0.25) is 0 Å². The van der Waals surface area contributed by atoms with Gasteiger partial charge in [0.25, 0.3) is 0 Å². The summed E-state index contributed by atoms with van der Waals surface area (Å²) in [6.45, 7) is 0. The van der Waals surface area contributed by atoms with Crippen LogP contribution < -0.4 is 0 Å². The lowest BCUT2D eigenvalue weighted by molar-refractivity contribution is 0.877. The maximum atomic E-state index is 6.28. The molecule has 0 bridgehead atoms. The third-order valence-electron chi connectivity index (χ3n) is 3.30. The molecule has 0 fully saturated rings. The molecule has 0 atom stereocenters. The van der Waals surface area contributed by atoms with Crippen LogP contribution in [0.5, 0.6) is 0 Å². The highest BCUT2D eigenvalue weighted by molar-refractivity contribution is 6.34. The minimum absolute atomic E-state index is 0.434. The summed E-state index contributed by atoms with van der Waals surface area (Å²) in [5, 5.41) is 10.3. The van der Waals surface area contributed by atoms with Gasteiger partial charge in [0, 0.05) is 16.0 Å². The van der Waals surface area contributed by atoms with E-state index in [1.54, 1.807) is 4.52 Å². The molecule has 0 amide bonds. The van der Waals surface area contributed by atoms with Crippen LogP contribution in [-0.2, 0) is 0 Å². The van der Waals surface area contributed by atoms with E-state index in [2.05, 4.69) is 15.3 Å². The molecule has 0 aliphatic heterocycles. The van der Waals surface area contributed by atoms with Crippen molar-refractivity contribution in [3.63, 3.8) is 0 Å². The van der Waals surface area contributed by atoms with E-state index in [1.165, 1.54) is 0 Å². The summed E-state index contributed by atoms with van der Waals surface area (Å²) >= 11 is 12.3. The zero-order chi connectivity index (χ0) is 14.4. The summed E-state index contributed by atoms with van der Waals surface area (Å²) in [6, 6.07) is 15.1. The van der Waals surface area contributed by atoms with Crippen LogP contribution in [0.25, 0.3) is 27.8 Å². The Balaban J connectivity index is 2.09. The molecule has 2 aromatic heterocycles. The van der Waals surface area contributed by atoms with Gasteiger partial charge >= 0.3 is 0 Å². The zero-order valence-corrected chi connectivity index (χ0v) is 12.2. The molecule has 4 rings (SSSR count). The summed E-state index contributed by atoms with van der Waals surface area (Å²) in [7, 11) is 0. The lowest BCUT2D eigenvalue weighted by Crippen LogP contribution is -1.94. The predicted octanol–water partition coefficient (Wildman–Crippen LogP) is 4.25. The maximum absolute atomic E-state index is 6.28. The van der Waals surface area contributed by atoms with Gasteiger partial charge < -0.3 is 0 Å². The van der Waals surface area contributed by atoms with Crippen molar-refractivity contribution < 1.29 is 0 Å². The molecule has 2 heterocycles. The van der Waals surface area contributed by atoms with Gasteiger partial charge in [0.2, 0.25) is 0 Å². The molecule has 0 spiro atoms. The van der Waals surface area contributed by atoms with Crippen LogP contribution in [0.1, 0.15) is 0 Å². The second-order valence-corrected chi connectivity index (χ2v) is 5.40. The average molecular weight is 315 g/mol. The van der Waals surface area contributed by atoms with E-state index in [4.69, 9.17) is 23.2 Å². The second kappa shape index (κ2) is 4.69. The summed E-state index contributed by atoms with van der Waals surface area (Å²) in [6.07, 6.45) is 0. The molecule has 21 heavy (non-hydrogen) atoms. The van der Waals surface area contributed by atoms with Crippen molar-refractivity contribution in [3.05, 3.63) is 58.7 Å². The molecule has 4 nitrogen and oxygen atoms in total. The highest BCUT2D eigenvalue weighted by atomic mass is 35.5. The Kier molecular flexibility index (Phi) is 2.80. The Labute approximate surface area is 129 Å². The molecule has 0 saturated heterocycles. The summed E-state index contributed by atoms with van der Waals surface area (Å²) < 4.78 is 1.69. The van der Waals surface area contributed by atoms with Crippen LogP contribution in [0.4, 0.5) is 0 Å². The number of aromatic nitrogens is 4. The van der Waals surface area contributed by atoms with Crippen molar-refractivity contribution in [3.8, 4) is 11.3 Å². The Morgan fingerprint density at radius 1 is 0.952 bits per heavy atom. The minimum atomic E-state index is 0.434. The maximum Gasteiger partial charge on any atom is 0.185 e. The van der Waals surface area contributed by atoms with Crippen LogP contribution >= 0.6 is 23.2 Å². The van der Waals surface area contributed by atoms with Gasteiger partial charge in [-0.1, -0.05) is 52.7 Å². The number of fused-ring (bicyclic) bond motifs is 3. The van der Waals surface area contributed by atoms with Crippen LogP contribution in [-0.4, -0.2) is 19.8 Å². The highest BCUT2D eigenvalue weighted by Gasteiger charge is 2.14. The SMILES string of the molecule is Clc1cccc(-c2nnn3c2nc(Cl)c2ccccc23)c1. The number of halogens is 2. The third kappa shape index (κ3) is 1.95. The van der Waals surface area contributed by atoms with E-state index < -0.39 is 0 Å². The molecule has 0 radical (unpaired) electrons. The lowest BCUT2D eigenvalue weighted by atomic mass is 10.1. The van der Waals surface area contributed by atoms with Crippen molar-refractivity contribution >= 4 is 39.8 Å². The van der Waals surface area contributed by atoms with Crippen molar-refractivity contribution in [2.45, 2.75) is 0 Å². The molecule has 0 N–H and O–H groups in total. The van der Waals surface area contributed by atoms with Crippen LogP contribution in [0.2, 0.25) is 10.2 Å². The molecule has 0 aliphatic rings. The van der Waals surface area contributed by atoms with E-state index >= 15 is 0 Å². The first-order valence-corrected chi connectivity index (χ1v) is 7.05. The van der Waals surface area contributed by atoms with Gasteiger partial charge in [0.1, 0.15) is 10.8 Å². The normalized spacial score (nSPS) is 11.3. The van der Waals surface area contributed by atoms with E-state index in [-0.39, 0.29) is 0 Å². The molecule has 0 saturated carbocycles. The largest absolute Gasteiger partial charge is 0.214 e. The van der Waals surface area contributed by atoms with Gasteiger partial charge in [0.15, 0.2) is 5.65 Å². The molecule has 0 aliphatic carbocycles. The Morgan fingerprint density at radius 3 is 2.67 bits per heavy atom. The smallest absolute Gasteiger partial charge is 0.185 e. The number of hydrogen-bond acceptors (Lipinski definition) is 3. The van der Waals surface area contributed by atoms with Crippen LogP contribution in [0.15, 0.2) is 48.5 Å². The zero-order valence-electron chi connectivity index (χ0n) is 10.7. The Bertz CT molecular complexity index is 978. The highest BCUT2D eigenvalue weighted by Crippen LogP contribution is 2.28. The van der Waals surface area contributed by atoms with Gasteiger partial charge in [-0.25, -0.2) is 4.98 Å². The van der Waals surface area contributed by atoms with E-state index in [9.17, 15) is 0 Å². The van der Waals surface area contributed by atoms with Crippen LogP contribution in [0, 0.1) is 0 Å². The van der Waals surface area contributed by atoms with E-state index in [0.717, 1.165) is 16.5 Å². The van der Waals surface area contributed by atoms with Crippen molar-refractivity contribution in [1.29, 1.82) is 0 Å². The first kappa shape index (κ1) is 12.6. The molecule has 6 heteroatoms. The fourth-order valence-corrected chi connectivity index (χ4v) is 2.78. The topological polar surface area (TPSA) is 43.1 Å². The minimum Gasteiger partial charge on any atom is -0.214 e. The first-order valence-electron chi connectivity index (χ1n) is 6.29. The standard InChI is InChI=1S/C15H8Cl2N4/c16-10-5-3-4-9(8-10)13-15-18-14(17)11-6-1-2-7-12(11)21(15)20-19-13/h1-8H. The van der Waals surface area contributed by atoms with Gasteiger partial charge in [-0.2, -0.15) is 4.52 Å². The fourth-order valence-electron chi connectivity index (χ4n) is 2.35. The van der Waals surface area contributed by atoms with E-state index in [1.807, 2.05) is 48.5 Å². The van der Waals surface area contributed by atoms with E-state index in [0.29, 0.717) is 21.5 Å². The molecule has 2 aromatic carbocycles. The first-order chi connectivity index (χ1) is 10.2. The number of benzene rings is 2. The van der Waals surface area contributed by atoms with Gasteiger partial charge in [0.05, 0.1) is 5.52 Å². The Hall–Kier alpha value is -2.17. The summed E-state index contributed by atoms with van der Waals surface area (Å²) in [4.78, 5) is 4.43. The molecular weight excluding hydrogens is 307 g/mol. The van der Waals surface area contributed by atoms with Crippen molar-refractivity contribution in [2.75, 3.05) is 0 Å². The number of rotatable bonds is 1. The fraction of sp³-hybridized carbons (Fsp3) is 0. The predicted molar refractivity (Wildman–Crippen MR) is 83.7 cm³/mol. The van der Waals surface area contributed by atoms with Gasteiger partial charge in [-0.05, 0) is 24.3 Å². The Morgan fingerprint density at radius 2 is 1.81 bits per heavy atom. The average Bonchev–Trinajstić information content (AvgIpc) is 2.91. The molecule has 102 valence electrons. The molecular formula is C15H8Cl2N4. The van der Waals surface area contributed by atoms with Crippen molar-refractivity contribution in [2.24, 2.45) is 0 Å². The third-order valence-corrected chi connectivity index (χ3v) is 3.83. The number of nitrogens with zero attached hydrogens (tertiary/aromatic N) is 4.